The first-order valence-corrected chi connectivity index (χ1v) is 9.99. The topological polar surface area (TPSA) is 99.9 Å². The van der Waals surface area contributed by atoms with Gasteiger partial charge in [-0.25, -0.2) is 0 Å². The predicted molar refractivity (Wildman–Crippen MR) is 111 cm³/mol. The summed E-state index contributed by atoms with van der Waals surface area (Å²) >= 11 is 2.71. The number of anilines is 3. The minimum Gasteiger partial charge on any atom is -0.497 e. The van der Waals surface area contributed by atoms with E-state index in [0.29, 0.717) is 20.7 Å². The zero-order chi connectivity index (χ0) is 19.9. The molecule has 28 heavy (non-hydrogen) atoms. The molecule has 0 aliphatic carbocycles. The number of ether oxygens (including phenoxy) is 1. The number of carbonyl (C=O) groups is 1. The average molecular weight is 412 g/mol. The Morgan fingerprint density at radius 1 is 1.14 bits per heavy atom. The van der Waals surface area contributed by atoms with Crippen molar-refractivity contribution in [1.82, 2.24) is 10.2 Å². The van der Waals surface area contributed by atoms with Crippen LogP contribution >= 0.6 is 23.1 Å². The van der Waals surface area contributed by atoms with E-state index in [1.807, 2.05) is 37.3 Å². The van der Waals surface area contributed by atoms with Gasteiger partial charge in [0.2, 0.25) is 11.0 Å². The van der Waals surface area contributed by atoms with Crippen molar-refractivity contribution in [3.05, 3.63) is 54.1 Å². The Balaban J connectivity index is 1.55. The molecular weight excluding hydrogens is 394 g/mol. The van der Waals surface area contributed by atoms with Gasteiger partial charge in [0.1, 0.15) is 5.75 Å². The van der Waals surface area contributed by atoms with Crippen LogP contribution in [-0.2, 0) is 4.79 Å². The van der Waals surface area contributed by atoms with Crippen molar-refractivity contribution >= 4 is 45.5 Å². The van der Waals surface area contributed by atoms with E-state index >= 15 is 0 Å². The van der Waals surface area contributed by atoms with Crippen molar-refractivity contribution in [3.8, 4) is 11.8 Å². The molecule has 2 N–H and O–H groups in total. The fourth-order valence-corrected chi connectivity index (χ4v) is 4.10. The van der Waals surface area contributed by atoms with Crippen LogP contribution in [0.3, 0.4) is 0 Å². The second kappa shape index (κ2) is 9.21. The molecule has 0 aliphatic rings. The van der Waals surface area contributed by atoms with Crippen molar-refractivity contribution in [1.29, 1.82) is 5.26 Å². The minimum absolute atomic E-state index is 0.144. The summed E-state index contributed by atoms with van der Waals surface area (Å²) in [6, 6.07) is 16.3. The van der Waals surface area contributed by atoms with E-state index in [1.54, 1.807) is 31.4 Å². The summed E-state index contributed by atoms with van der Waals surface area (Å²) in [5.74, 6) is 0.635. The first-order valence-electron chi connectivity index (χ1n) is 8.29. The lowest BCUT2D eigenvalue weighted by atomic mass is 10.2. The Labute approximate surface area is 170 Å². The molecule has 142 valence electrons. The van der Waals surface area contributed by atoms with E-state index in [0.717, 1.165) is 11.4 Å². The van der Waals surface area contributed by atoms with Crippen LogP contribution < -0.4 is 15.4 Å². The molecule has 0 saturated heterocycles. The maximum Gasteiger partial charge on any atom is 0.237 e. The van der Waals surface area contributed by atoms with Gasteiger partial charge in [-0.2, -0.15) is 5.26 Å². The Morgan fingerprint density at radius 2 is 1.82 bits per heavy atom. The van der Waals surface area contributed by atoms with Crippen molar-refractivity contribution < 1.29 is 9.53 Å². The van der Waals surface area contributed by atoms with E-state index in [4.69, 9.17) is 10.00 Å². The molecule has 0 fully saturated rings. The van der Waals surface area contributed by atoms with E-state index in [9.17, 15) is 4.79 Å². The van der Waals surface area contributed by atoms with Gasteiger partial charge in [0.25, 0.3) is 0 Å². The molecule has 0 aliphatic heterocycles. The van der Waals surface area contributed by atoms with Crippen molar-refractivity contribution in [3.63, 3.8) is 0 Å². The van der Waals surface area contributed by atoms with Crippen LogP contribution in [0.15, 0.2) is 52.9 Å². The molecule has 3 rings (SSSR count). The second-order valence-electron chi connectivity index (χ2n) is 5.67. The third-order valence-electron chi connectivity index (χ3n) is 3.68. The highest BCUT2D eigenvalue weighted by Gasteiger charge is 2.17. The summed E-state index contributed by atoms with van der Waals surface area (Å²) in [6.07, 6.45) is 0. The van der Waals surface area contributed by atoms with Gasteiger partial charge >= 0.3 is 0 Å². The summed E-state index contributed by atoms with van der Waals surface area (Å²) in [7, 11) is 1.62. The van der Waals surface area contributed by atoms with Gasteiger partial charge in [0.15, 0.2) is 4.34 Å². The molecule has 1 aromatic heterocycles. The maximum atomic E-state index is 12.4. The number of amides is 1. The number of nitrogens with one attached hydrogen (secondary N) is 2. The summed E-state index contributed by atoms with van der Waals surface area (Å²) in [5, 5.41) is 23.4. The highest BCUT2D eigenvalue weighted by atomic mass is 32.2. The van der Waals surface area contributed by atoms with Crippen LogP contribution in [0.2, 0.25) is 0 Å². The summed E-state index contributed by atoms with van der Waals surface area (Å²) < 4.78 is 5.83. The Morgan fingerprint density at radius 3 is 2.46 bits per heavy atom. The molecule has 0 bridgehead atoms. The van der Waals surface area contributed by atoms with Crippen LogP contribution in [0.4, 0.5) is 16.5 Å². The van der Waals surface area contributed by atoms with Crippen molar-refractivity contribution in [2.75, 3.05) is 17.7 Å². The predicted octanol–water partition coefficient (Wildman–Crippen LogP) is 4.28. The van der Waals surface area contributed by atoms with Crippen molar-refractivity contribution in [2.45, 2.75) is 16.5 Å². The zero-order valence-corrected chi connectivity index (χ0v) is 16.8. The maximum absolute atomic E-state index is 12.4. The fourth-order valence-electron chi connectivity index (χ4n) is 2.18. The molecule has 0 saturated carbocycles. The fraction of sp³-hybridized carbons (Fsp3) is 0.158. The summed E-state index contributed by atoms with van der Waals surface area (Å²) in [4.78, 5) is 12.4. The molecule has 2 aromatic carbocycles. The number of methoxy groups -OCH3 is 1. The number of rotatable bonds is 7. The first-order chi connectivity index (χ1) is 13.6. The monoisotopic (exact) mass is 411 g/mol. The lowest BCUT2D eigenvalue weighted by Gasteiger charge is -2.10. The van der Waals surface area contributed by atoms with Gasteiger partial charge in [0.05, 0.1) is 24.0 Å². The van der Waals surface area contributed by atoms with Crippen LogP contribution in [0, 0.1) is 11.3 Å². The molecule has 0 spiro atoms. The van der Waals surface area contributed by atoms with Gasteiger partial charge in [-0.1, -0.05) is 23.1 Å². The quantitative estimate of drug-likeness (QED) is 0.560. The molecule has 3 aromatic rings. The summed E-state index contributed by atoms with van der Waals surface area (Å²) in [6.45, 7) is 1.81. The Bertz CT molecular complexity index is 981. The standard InChI is InChI=1S/C19H17N5O2S2/c1-12(17(25)21-14-5-3-13(11-20)4-6-14)27-19-24-23-18(28-19)22-15-7-9-16(26-2)10-8-15/h3-10,12H,1-2H3,(H,21,25)(H,22,23)/t12-/m0/s1. The Kier molecular flexibility index (Phi) is 6.47. The number of aromatic nitrogens is 2. The third kappa shape index (κ3) is 5.22. The largest absolute Gasteiger partial charge is 0.497 e. The zero-order valence-electron chi connectivity index (χ0n) is 15.2. The lowest BCUT2D eigenvalue weighted by Crippen LogP contribution is -2.22. The summed E-state index contributed by atoms with van der Waals surface area (Å²) in [5.41, 5.74) is 2.07. The first kappa shape index (κ1) is 19.7. The molecule has 1 heterocycles. The van der Waals surface area contributed by atoms with E-state index in [1.165, 1.54) is 23.1 Å². The molecule has 1 amide bonds. The van der Waals surface area contributed by atoms with Gasteiger partial charge in [-0.15, -0.1) is 10.2 Å². The molecular formula is C19H17N5O2S2. The second-order valence-corrected chi connectivity index (χ2v) is 8.23. The molecule has 7 nitrogen and oxygen atoms in total. The number of benzene rings is 2. The van der Waals surface area contributed by atoms with Crippen LogP contribution in [-0.4, -0.2) is 28.5 Å². The molecule has 0 unspecified atom stereocenters. The minimum atomic E-state index is -0.350. The van der Waals surface area contributed by atoms with Gasteiger partial charge < -0.3 is 15.4 Å². The number of nitriles is 1. The van der Waals surface area contributed by atoms with Crippen LogP contribution in [0.5, 0.6) is 5.75 Å². The normalized spacial score (nSPS) is 11.3. The number of hydrogen-bond donors (Lipinski definition) is 2. The smallest absolute Gasteiger partial charge is 0.237 e. The number of thioether (sulfide) groups is 1. The average Bonchev–Trinajstić information content (AvgIpc) is 3.15. The molecule has 9 heteroatoms. The molecule has 1 atom stereocenters. The van der Waals surface area contributed by atoms with Crippen LogP contribution in [0.25, 0.3) is 0 Å². The van der Waals surface area contributed by atoms with E-state index in [-0.39, 0.29) is 11.2 Å². The number of nitrogens with zero attached hydrogens (tertiary/aromatic N) is 3. The third-order valence-corrected chi connectivity index (χ3v) is 5.70. The number of carbonyl (C=O) groups excluding carboxylic acids is 1. The Hall–Kier alpha value is -3.09. The highest BCUT2D eigenvalue weighted by molar-refractivity contribution is 8.02. The number of hydrogen-bond acceptors (Lipinski definition) is 8. The van der Waals surface area contributed by atoms with Crippen LogP contribution in [0.1, 0.15) is 12.5 Å². The van der Waals surface area contributed by atoms with Gasteiger partial charge in [0, 0.05) is 11.4 Å². The lowest BCUT2D eigenvalue weighted by molar-refractivity contribution is -0.115. The van der Waals surface area contributed by atoms with Gasteiger partial charge in [-0.05, 0) is 55.5 Å². The van der Waals surface area contributed by atoms with Gasteiger partial charge in [-0.3, -0.25) is 4.79 Å². The van der Waals surface area contributed by atoms with E-state index in [2.05, 4.69) is 20.8 Å². The molecule has 0 radical (unpaired) electrons. The van der Waals surface area contributed by atoms with E-state index < -0.39 is 0 Å². The SMILES string of the molecule is COc1ccc(Nc2nnc(S[C@@H](C)C(=O)Nc3ccc(C#N)cc3)s2)cc1. The van der Waals surface area contributed by atoms with Crippen molar-refractivity contribution in [2.24, 2.45) is 0 Å². The highest BCUT2D eigenvalue weighted by Crippen LogP contribution is 2.31.